The molecule has 0 saturated carbocycles. The van der Waals surface area contributed by atoms with Crippen LogP contribution >= 0.6 is 21.6 Å². The molecule has 18 heteroatoms. The zero-order valence-corrected chi connectivity index (χ0v) is 33.4. The second kappa shape index (κ2) is 19.7. The topological polar surface area (TPSA) is 264 Å². The van der Waals surface area contributed by atoms with E-state index in [0.29, 0.717) is 11.1 Å². The minimum atomic E-state index is -1.32. The minimum absolute atomic E-state index is 0.0395. The maximum atomic E-state index is 14.2. The summed E-state index contributed by atoms with van der Waals surface area (Å²) in [4.78, 5) is 93.2. The maximum Gasteiger partial charge on any atom is 0.244 e. The molecule has 1 heterocycles. The van der Waals surface area contributed by atoms with E-state index in [9.17, 15) is 38.7 Å². The summed E-state index contributed by atoms with van der Waals surface area (Å²) in [6, 6.07) is 9.13. The molecule has 3 rings (SSSR count). The number of benzene rings is 2. The van der Waals surface area contributed by atoms with E-state index in [4.69, 9.17) is 11.5 Å². The number of nitrogens with one attached hydrogen (secondary N) is 6. The first-order chi connectivity index (χ1) is 25.7. The third kappa shape index (κ3) is 13.5. The molecule has 16 nitrogen and oxygen atoms in total. The van der Waals surface area contributed by atoms with Crippen molar-refractivity contribution < 1.29 is 38.7 Å². The normalized spacial score (nSPS) is 21.4. The smallest absolute Gasteiger partial charge is 0.244 e. The molecule has 11 N–H and O–H groups in total. The molecule has 0 bridgehead atoms. The lowest BCUT2D eigenvalue weighted by Gasteiger charge is -2.39. The molecule has 0 aliphatic carbocycles. The first kappa shape index (κ1) is 44.6. The van der Waals surface area contributed by atoms with Gasteiger partial charge in [0.2, 0.25) is 41.4 Å². The minimum Gasteiger partial charge on any atom is -0.508 e. The second-order valence-electron chi connectivity index (χ2n) is 14.7. The van der Waals surface area contributed by atoms with Gasteiger partial charge < -0.3 is 48.5 Å². The SMILES string of the molecule is CC(C)[C@H](NC(=O)[C@@H]1NC(=O)[C@H](Cc2ccccc2)NC(=O)CNC(=O)[C@H](NC(=O)[C@@H](N)Cc2ccc(O)cc2)C(C)(C)SSC1(C)C)C(=O)NCC(N)=O. The van der Waals surface area contributed by atoms with Gasteiger partial charge in [-0.3, -0.25) is 33.6 Å². The van der Waals surface area contributed by atoms with Gasteiger partial charge in [0.1, 0.15) is 29.9 Å². The predicted molar refractivity (Wildman–Crippen MR) is 211 cm³/mol. The fourth-order valence-corrected chi connectivity index (χ4v) is 8.34. The number of amides is 7. The van der Waals surface area contributed by atoms with E-state index in [1.807, 2.05) is 0 Å². The Hall–Kier alpha value is -4.81. The van der Waals surface area contributed by atoms with Gasteiger partial charge in [-0.15, -0.1) is 0 Å². The van der Waals surface area contributed by atoms with Crippen molar-refractivity contribution in [2.75, 3.05) is 13.1 Å². The second-order valence-corrected chi connectivity index (χ2v) is 18.1. The lowest BCUT2D eigenvalue weighted by molar-refractivity contribution is -0.135. The zero-order valence-electron chi connectivity index (χ0n) is 31.8. The Morgan fingerprint density at radius 3 is 2.09 bits per heavy atom. The van der Waals surface area contributed by atoms with Crippen molar-refractivity contribution in [3.63, 3.8) is 0 Å². The molecule has 2 aromatic carbocycles. The summed E-state index contributed by atoms with van der Waals surface area (Å²) in [6.07, 6.45) is 0.146. The van der Waals surface area contributed by atoms with Crippen molar-refractivity contribution in [1.29, 1.82) is 0 Å². The first-order valence-electron chi connectivity index (χ1n) is 17.7. The van der Waals surface area contributed by atoms with Crippen LogP contribution in [0.25, 0.3) is 0 Å². The van der Waals surface area contributed by atoms with Gasteiger partial charge in [0.25, 0.3) is 0 Å². The first-order valence-corrected chi connectivity index (χ1v) is 19.8. The Morgan fingerprint density at radius 2 is 1.49 bits per heavy atom. The van der Waals surface area contributed by atoms with Gasteiger partial charge in [-0.25, -0.2) is 0 Å². The molecule has 0 radical (unpaired) electrons. The largest absolute Gasteiger partial charge is 0.508 e. The summed E-state index contributed by atoms with van der Waals surface area (Å²) in [6.45, 7) is 9.19. The average molecular weight is 801 g/mol. The third-order valence-electron chi connectivity index (χ3n) is 8.73. The van der Waals surface area contributed by atoms with Crippen LogP contribution in [0.5, 0.6) is 5.75 Å². The van der Waals surface area contributed by atoms with E-state index in [2.05, 4.69) is 31.9 Å². The number of carbonyl (C=O) groups excluding carboxylic acids is 7. The van der Waals surface area contributed by atoms with E-state index >= 15 is 0 Å². The van der Waals surface area contributed by atoms with Crippen LogP contribution in [0.15, 0.2) is 54.6 Å². The highest BCUT2D eigenvalue weighted by Gasteiger charge is 2.45. The van der Waals surface area contributed by atoms with Crippen molar-refractivity contribution in [2.45, 2.75) is 94.1 Å². The number of hydrogen-bond donors (Lipinski definition) is 9. The van der Waals surface area contributed by atoms with E-state index in [0.717, 1.165) is 10.8 Å². The number of aromatic hydroxyl groups is 1. The van der Waals surface area contributed by atoms with Crippen molar-refractivity contribution >= 4 is 62.9 Å². The van der Waals surface area contributed by atoms with Crippen molar-refractivity contribution in [1.82, 2.24) is 31.9 Å². The van der Waals surface area contributed by atoms with Crippen LogP contribution in [-0.2, 0) is 46.4 Å². The Morgan fingerprint density at radius 1 is 0.873 bits per heavy atom. The summed E-state index contributed by atoms with van der Waals surface area (Å²) in [5.41, 5.74) is 12.8. The monoisotopic (exact) mass is 800 g/mol. The van der Waals surface area contributed by atoms with Crippen LogP contribution in [0, 0.1) is 5.92 Å². The third-order valence-corrected chi connectivity index (χ3v) is 13.0. The standard InChI is InChI=1S/C37H52N8O8S2/c1-20(2)28(33(51)40-18-26(39)47)43-35(53)30-37(5,6)55-54-36(3,4)29(44-31(49)24(38)16-22-12-14-23(46)15-13-22)34(52)41-19-27(48)42-25(32(50)45-30)17-21-10-8-7-9-11-21/h7-15,20,24-25,28-30,46H,16-19,38H2,1-6H3,(H2,39,47)(H,40,51)(H,41,52)(H,42,48)(H,43,53)(H,44,49)(H,45,50)/t24-,25-,28-,29-,30-/m0/s1. The molecule has 1 aliphatic rings. The van der Waals surface area contributed by atoms with Gasteiger partial charge >= 0.3 is 0 Å². The molecule has 7 amide bonds. The summed E-state index contributed by atoms with van der Waals surface area (Å²) < 4.78 is -2.28. The Bertz CT molecular complexity index is 1710. The number of hydrogen-bond acceptors (Lipinski definition) is 11. The van der Waals surface area contributed by atoms with Crippen LogP contribution < -0.4 is 43.4 Å². The lowest BCUT2D eigenvalue weighted by atomic mass is 9.98. The molecule has 5 atom stereocenters. The maximum absolute atomic E-state index is 14.2. The van der Waals surface area contributed by atoms with E-state index < -0.39 is 100 Å². The number of nitrogens with two attached hydrogens (primary N) is 2. The number of carbonyl (C=O) groups is 7. The highest BCUT2D eigenvalue weighted by atomic mass is 33.1. The van der Waals surface area contributed by atoms with Gasteiger partial charge in [-0.05, 0) is 63.3 Å². The summed E-state index contributed by atoms with van der Waals surface area (Å²) in [7, 11) is 2.33. The van der Waals surface area contributed by atoms with Crippen LogP contribution in [0.4, 0.5) is 0 Å². The van der Waals surface area contributed by atoms with Gasteiger partial charge in [0.05, 0.1) is 19.1 Å². The van der Waals surface area contributed by atoms with Crippen LogP contribution in [0.3, 0.4) is 0 Å². The van der Waals surface area contributed by atoms with Gasteiger partial charge in [0, 0.05) is 15.9 Å². The number of phenols is 1. The average Bonchev–Trinajstić information content (AvgIpc) is 3.12. The molecule has 1 saturated heterocycles. The molecule has 1 aliphatic heterocycles. The van der Waals surface area contributed by atoms with Crippen LogP contribution in [0.1, 0.15) is 52.7 Å². The molecule has 0 unspecified atom stereocenters. The van der Waals surface area contributed by atoms with Crippen molar-refractivity contribution in [3.8, 4) is 5.75 Å². The molecule has 300 valence electrons. The lowest BCUT2D eigenvalue weighted by Crippen LogP contribution is -2.64. The van der Waals surface area contributed by atoms with Crippen LogP contribution in [-0.4, -0.2) is 99.2 Å². The van der Waals surface area contributed by atoms with Gasteiger partial charge in [-0.1, -0.05) is 77.9 Å². The molecule has 55 heavy (non-hydrogen) atoms. The Kier molecular flexibility index (Phi) is 16.0. The summed E-state index contributed by atoms with van der Waals surface area (Å²) in [5, 5.41) is 25.5. The highest BCUT2D eigenvalue weighted by molar-refractivity contribution is 8.77. The fraction of sp³-hybridized carbons (Fsp3) is 0.486. The van der Waals surface area contributed by atoms with E-state index in [-0.39, 0.29) is 18.6 Å². The molecular formula is C37H52N8O8S2. The Labute approximate surface area is 328 Å². The molecule has 0 spiro atoms. The number of rotatable bonds is 12. The quantitative estimate of drug-likeness (QED) is 0.127. The molecule has 2 aromatic rings. The summed E-state index contributed by atoms with van der Waals surface area (Å²) in [5.74, 6) is -5.26. The Balaban J connectivity index is 2.00. The highest BCUT2D eigenvalue weighted by Crippen LogP contribution is 2.46. The van der Waals surface area contributed by atoms with E-state index in [1.54, 1.807) is 84.0 Å². The zero-order chi connectivity index (χ0) is 41.1. The molecular weight excluding hydrogens is 749 g/mol. The number of phenolic OH excluding ortho intramolecular Hbond substituents is 1. The van der Waals surface area contributed by atoms with Crippen molar-refractivity contribution in [3.05, 3.63) is 65.7 Å². The van der Waals surface area contributed by atoms with Gasteiger partial charge in [0.15, 0.2) is 0 Å². The van der Waals surface area contributed by atoms with Crippen LogP contribution in [0.2, 0.25) is 0 Å². The summed E-state index contributed by atoms with van der Waals surface area (Å²) >= 11 is 0. The van der Waals surface area contributed by atoms with Crippen molar-refractivity contribution in [2.24, 2.45) is 17.4 Å². The number of primary amides is 1. The molecule has 0 aromatic heterocycles. The predicted octanol–water partition coefficient (Wildman–Crippen LogP) is -0.230. The fourth-order valence-electron chi connectivity index (χ4n) is 5.52. The van der Waals surface area contributed by atoms with Gasteiger partial charge in [-0.2, -0.15) is 0 Å². The van der Waals surface area contributed by atoms with E-state index in [1.165, 1.54) is 22.9 Å². The molecule has 1 fully saturated rings.